The quantitative estimate of drug-likeness (QED) is 0.680. The molecule has 1 fully saturated rings. The number of piperazine rings is 1. The molecule has 2 aromatic carbocycles. The lowest BCUT2D eigenvalue weighted by Gasteiger charge is -2.49. The lowest BCUT2D eigenvalue weighted by Crippen LogP contribution is -2.61. The van der Waals surface area contributed by atoms with Crippen LogP contribution in [0.1, 0.15) is 37.0 Å². The van der Waals surface area contributed by atoms with E-state index in [4.69, 9.17) is 0 Å². The molecule has 0 radical (unpaired) electrons. The molecule has 0 spiro atoms. The van der Waals surface area contributed by atoms with Crippen LogP contribution in [0, 0.1) is 18.8 Å². The maximum Gasteiger partial charge on any atom is 0.416 e. The summed E-state index contributed by atoms with van der Waals surface area (Å²) in [7, 11) is 0. The molecule has 0 bridgehead atoms. The van der Waals surface area contributed by atoms with Crippen molar-refractivity contribution in [2.24, 2.45) is 11.8 Å². The Labute approximate surface area is 193 Å². The monoisotopic (exact) mass is 459 g/mol. The summed E-state index contributed by atoms with van der Waals surface area (Å²) in [6.45, 7) is 8.90. The van der Waals surface area contributed by atoms with Gasteiger partial charge in [-0.15, -0.1) is 0 Å². The van der Waals surface area contributed by atoms with Crippen LogP contribution in [0.3, 0.4) is 0 Å². The molecule has 1 saturated heterocycles. The molecule has 4 rings (SSSR count). The van der Waals surface area contributed by atoms with E-state index in [0.29, 0.717) is 37.5 Å². The van der Waals surface area contributed by atoms with E-state index in [0.717, 1.165) is 30.4 Å². The van der Waals surface area contributed by atoms with Gasteiger partial charge in [-0.1, -0.05) is 31.5 Å². The van der Waals surface area contributed by atoms with Gasteiger partial charge in [-0.3, -0.25) is 4.79 Å². The molecule has 178 valence electrons. The van der Waals surface area contributed by atoms with E-state index in [1.54, 1.807) is 6.07 Å². The summed E-state index contributed by atoms with van der Waals surface area (Å²) >= 11 is 0. The Bertz CT molecular complexity index is 987. The van der Waals surface area contributed by atoms with Gasteiger partial charge in [0.15, 0.2) is 0 Å². The Hall–Kier alpha value is -2.70. The average Bonchev–Trinajstić information content (AvgIpc) is 2.77. The summed E-state index contributed by atoms with van der Waals surface area (Å²) < 4.78 is 40.1. The molecule has 2 atom stereocenters. The summed E-state index contributed by atoms with van der Waals surface area (Å²) in [5.41, 5.74) is 3.07. The molecule has 2 aliphatic heterocycles. The molecule has 1 amide bonds. The third-order valence-electron chi connectivity index (χ3n) is 6.80. The number of aryl methyl sites for hydroxylation is 1. The van der Waals surface area contributed by atoms with Crippen LogP contribution < -0.4 is 15.1 Å². The first-order chi connectivity index (χ1) is 15.6. The minimum absolute atomic E-state index is 0.0699. The smallest absolute Gasteiger partial charge is 0.368 e. The van der Waals surface area contributed by atoms with E-state index >= 15 is 0 Å². The fourth-order valence-electron chi connectivity index (χ4n) is 4.90. The highest BCUT2D eigenvalue weighted by molar-refractivity contribution is 5.82. The highest BCUT2D eigenvalue weighted by Gasteiger charge is 2.42. The number of carbonyl (C=O) groups excluding carboxylic acids is 1. The predicted molar refractivity (Wildman–Crippen MR) is 126 cm³/mol. The lowest BCUT2D eigenvalue weighted by molar-refractivity contribution is -0.137. The van der Waals surface area contributed by atoms with Crippen molar-refractivity contribution in [1.82, 2.24) is 5.32 Å². The SMILES string of the molecule is Cc1ccc(N2CCN3c4ccc(C(F)(F)F)cc4C[C@@H](C(=O)NCCC(C)C)[C@@H]3C2)cc1. The number of alkyl halides is 3. The van der Waals surface area contributed by atoms with Crippen LogP contribution in [0.25, 0.3) is 0 Å². The van der Waals surface area contributed by atoms with Gasteiger partial charge in [-0.2, -0.15) is 13.2 Å². The second-order valence-electron chi connectivity index (χ2n) is 9.67. The molecule has 1 N–H and O–H groups in total. The highest BCUT2D eigenvalue weighted by atomic mass is 19.4. The zero-order chi connectivity index (χ0) is 23.8. The summed E-state index contributed by atoms with van der Waals surface area (Å²) in [4.78, 5) is 17.7. The van der Waals surface area contributed by atoms with Crippen molar-refractivity contribution < 1.29 is 18.0 Å². The van der Waals surface area contributed by atoms with Gasteiger partial charge in [-0.05, 0) is 61.6 Å². The van der Waals surface area contributed by atoms with Crippen molar-refractivity contribution in [3.63, 3.8) is 0 Å². The summed E-state index contributed by atoms with van der Waals surface area (Å²) in [6, 6.07) is 12.2. The largest absolute Gasteiger partial charge is 0.416 e. The van der Waals surface area contributed by atoms with Gasteiger partial charge in [-0.25, -0.2) is 0 Å². The maximum absolute atomic E-state index is 13.4. The van der Waals surface area contributed by atoms with Gasteiger partial charge in [0.2, 0.25) is 5.91 Å². The fraction of sp³-hybridized carbons (Fsp3) is 0.500. The molecule has 33 heavy (non-hydrogen) atoms. The molecule has 0 aromatic heterocycles. The average molecular weight is 460 g/mol. The van der Waals surface area contributed by atoms with Crippen molar-refractivity contribution in [3.8, 4) is 0 Å². The van der Waals surface area contributed by atoms with Crippen LogP contribution in [0.4, 0.5) is 24.5 Å². The van der Waals surface area contributed by atoms with Crippen molar-refractivity contribution in [2.75, 3.05) is 36.0 Å². The van der Waals surface area contributed by atoms with E-state index in [1.807, 2.05) is 6.92 Å². The van der Waals surface area contributed by atoms with E-state index in [-0.39, 0.29) is 11.9 Å². The van der Waals surface area contributed by atoms with Crippen molar-refractivity contribution >= 4 is 17.3 Å². The Kier molecular flexibility index (Phi) is 6.59. The molecule has 0 aliphatic carbocycles. The van der Waals surface area contributed by atoms with Gasteiger partial charge >= 0.3 is 6.18 Å². The second-order valence-corrected chi connectivity index (χ2v) is 9.67. The van der Waals surface area contributed by atoms with Gasteiger partial charge in [0.1, 0.15) is 0 Å². The van der Waals surface area contributed by atoms with Crippen LogP contribution in [0.15, 0.2) is 42.5 Å². The first-order valence-electron chi connectivity index (χ1n) is 11.7. The van der Waals surface area contributed by atoms with E-state index in [1.165, 1.54) is 11.6 Å². The molecular weight excluding hydrogens is 427 g/mol. The van der Waals surface area contributed by atoms with Crippen LogP contribution in [0.5, 0.6) is 0 Å². The fourth-order valence-corrected chi connectivity index (χ4v) is 4.90. The molecule has 7 heteroatoms. The van der Waals surface area contributed by atoms with Crippen molar-refractivity contribution in [1.29, 1.82) is 0 Å². The number of rotatable bonds is 5. The molecule has 2 aliphatic rings. The zero-order valence-corrected chi connectivity index (χ0v) is 19.5. The molecule has 2 aromatic rings. The maximum atomic E-state index is 13.4. The first-order valence-corrected chi connectivity index (χ1v) is 11.7. The zero-order valence-electron chi connectivity index (χ0n) is 19.5. The number of halogens is 3. The number of hydrogen-bond donors (Lipinski definition) is 1. The van der Waals surface area contributed by atoms with Crippen LogP contribution in [-0.4, -0.2) is 38.1 Å². The minimum Gasteiger partial charge on any atom is -0.368 e. The number of nitrogens with one attached hydrogen (secondary N) is 1. The predicted octanol–water partition coefficient (Wildman–Crippen LogP) is 5.04. The molecule has 2 heterocycles. The Morgan fingerprint density at radius 3 is 2.52 bits per heavy atom. The second kappa shape index (κ2) is 9.27. The Balaban J connectivity index is 1.63. The number of benzene rings is 2. The van der Waals surface area contributed by atoms with E-state index < -0.39 is 17.7 Å². The number of hydrogen-bond acceptors (Lipinski definition) is 3. The number of anilines is 2. The van der Waals surface area contributed by atoms with Gasteiger partial charge in [0, 0.05) is 37.6 Å². The van der Waals surface area contributed by atoms with Crippen LogP contribution in [-0.2, 0) is 17.4 Å². The molecule has 4 nitrogen and oxygen atoms in total. The van der Waals surface area contributed by atoms with Crippen molar-refractivity contribution in [3.05, 3.63) is 59.2 Å². The van der Waals surface area contributed by atoms with E-state index in [2.05, 4.69) is 53.2 Å². The number of carbonyl (C=O) groups is 1. The van der Waals surface area contributed by atoms with Gasteiger partial charge < -0.3 is 15.1 Å². The molecule has 0 saturated carbocycles. The Morgan fingerprint density at radius 1 is 1.12 bits per heavy atom. The minimum atomic E-state index is -4.40. The van der Waals surface area contributed by atoms with E-state index in [9.17, 15) is 18.0 Å². The Morgan fingerprint density at radius 2 is 1.85 bits per heavy atom. The normalized spacial score (nSPS) is 20.5. The summed E-state index contributed by atoms with van der Waals surface area (Å²) in [6.07, 6.45) is -3.21. The third-order valence-corrected chi connectivity index (χ3v) is 6.80. The van der Waals surface area contributed by atoms with Crippen LogP contribution >= 0.6 is 0 Å². The van der Waals surface area contributed by atoms with Crippen molar-refractivity contribution in [2.45, 2.75) is 45.8 Å². The summed E-state index contributed by atoms with van der Waals surface area (Å²) in [5, 5.41) is 3.05. The standard InChI is InChI=1S/C26H32F3N3O/c1-17(2)10-11-30-25(33)22-15-19-14-20(26(27,28)29)6-9-23(19)32-13-12-31(16-24(22)32)21-7-4-18(3)5-8-21/h4-9,14,17,22,24H,10-13,15-16H2,1-3H3,(H,30,33)/t22-,24+/m1/s1. The molecule has 0 unspecified atom stereocenters. The van der Waals surface area contributed by atoms with Gasteiger partial charge in [0.25, 0.3) is 0 Å². The number of amides is 1. The highest BCUT2D eigenvalue weighted by Crippen LogP contribution is 2.40. The topological polar surface area (TPSA) is 35.6 Å². The number of nitrogens with zero attached hydrogens (tertiary/aromatic N) is 2. The van der Waals surface area contributed by atoms with Gasteiger partial charge in [0.05, 0.1) is 17.5 Å². The van der Waals surface area contributed by atoms with Crippen LogP contribution in [0.2, 0.25) is 0 Å². The first kappa shape index (κ1) is 23.5. The third kappa shape index (κ3) is 5.12. The summed E-state index contributed by atoms with van der Waals surface area (Å²) in [5.74, 6) is -0.00389. The number of fused-ring (bicyclic) bond motifs is 3. The molecular formula is C26H32F3N3O. The lowest BCUT2D eigenvalue weighted by atomic mass is 9.82.